The average molecular weight is 332 g/mol. The second kappa shape index (κ2) is 8.50. The molecule has 0 aromatic rings. The van der Waals surface area contributed by atoms with Gasteiger partial charge in [0, 0.05) is 10.5 Å². The van der Waals surface area contributed by atoms with Gasteiger partial charge in [0.05, 0.1) is 13.5 Å². The van der Waals surface area contributed by atoms with E-state index in [0.717, 1.165) is 12.8 Å². The molecule has 0 saturated heterocycles. The molecule has 126 valence electrons. The van der Waals surface area contributed by atoms with E-state index in [1.165, 1.54) is 20.0 Å². The summed E-state index contributed by atoms with van der Waals surface area (Å²) in [6, 6.07) is -2.12. The molecule has 0 aromatic heterocycles. The van der Waals surface area contributed by atoms with Gasteiger partial charge in [0.1, 0.15) is 12.1 Å². The molecule has 4 N–H and O–H groups in total. The summed E-state index contributed by atoms with van der Waals surface area (Å²) >= 11 is 1.63. The van der Waals surface area contributed by atoms with Crippen LogP contribution >= 0.6 is 11.8 Å². The quantitative estimate of drug-likeness (QED) is 0.505. The van der Waals surface area contributed by atoms with E-state index in [-0.39, 0.29) is 11.2 Å². The van der Waals surface area contributed by atoms with Crippen molar-refractivity contribution in [1.82, 2.24) is 0 Å². The summed E-state index contributed by atoms with van der Waals surface area (Å²) in [7, 11) is 1.18. The highest BCUT2D eigenvalue weighted by atomic mass is 32.2. The average Bonchev–Trinajstić information content (AvgIpc) is 2.91. The van der Waals surface area contributed by atoms with E-state index in [1.807, 2.05) is 0 Å². The molecule has 0 aromatic carbocycles. The summed E-state index contributed by atoms with van der Waals surface area (Å²) in [6.07, 6.45) is 4.23. The minimum absolute atomic E-state index is 0.142. The van der Waals surface area contributed by atoms with Crippen molar-refractivity contribution in [1.29, 1.82) is 0 Å². The van der Waals surface area contributed by atoms with Crippen molar-refractivity contribution in [3.8, 4) is 0 Å². The number of carbonyl (C=O) groups excluding carboxylic acids is 3. The standard InChI is InChI=1S/C14H24N2O5S/c1-14(5-3-4-6-14)22-8-10(16)13(19)21-12(18)9(15)7-11(17)20-2/h9-10H,3-8,15-16H2,1-2H3/t9-,10-/m0/s1. The third kappa shape index (κ3) is 5.94. The first-order valence-electron chi connectivity index (χ1n) is 7.25. The van der Waals surface area contributed by atoms with Crippen molar-refractivity contribution in [3.63, 3.8) is 0 Å². The minimum atomic E-state index is -1.23. The summed E-state index contributed by atoms with van der Waals surface area (Å²) < 4.78 is 9.15. The number of ether oxygens (including phenoxy) is 2. The molecule has 0 amide bonds. The Bertz CT molecular complexity index is 423. The number of nitrogens with two attached hydrogens (primary N) is 2. The number of rotatable bonds is 7. The second-order valence-corrected chi connectivity index (χ2v) is 7.31. The molecule has 1 saturated carbocycles. The number of thioether (sulfide) groups is 1. The lowest BCUT2D eigenvalue weighted by molar-refractivity contribution is -0.162. The predicted molar refractivity (Wildman–Crippen MR) is 83.0 cm³/mol. The first-order chi connectivity index (χ1) is 10.3. The Kier molecular flexibility index (Phi) is 7.31. The van der Waals surface area contributed by atoms with Crippen LogP contribution < -0.4 is 11.5 Å². The van der Waals surface area contributed by atoms with E-state index in [4.69, 9.17) is 11.5 Å². The lowest BCUT2D eigenvalue weighted by atomic mass is 10.1. The van der Waals surface area contributed by atoms with Crippen LogP contribution in [0.1, 0.15) is 39.0 Å². The van der Waals surface area contributed by atoms with E-state index >= 15 is 0 Å². The van der Waals surface area contributed by atoms with Crippen LogP contribution in [0.15, 0.2) is 0 Å². The first kappa shape index (κ1) is 18.9. The van der Waals surface area contributed by atoms with Crippen LogP contribution in [0.3, 0.4) is 0 Å². The Hall–Kier alpha value is -1.12. The third-order valence-electron chi connectivity index (χ3n) is 3.69. The van der Waals surface area contributed by atoms with Crippen LogP contribution in [0.25, 0.3) is 0 Å². The molecule has 1 rings (SSSR count). The molecule has 0 aliphatic heterocycles. The van der Waals surface area contributed by atoms with Crippen molar-refractivity contribution in [2.75, 3.05) is 12.9 Å². The van der Waals surface area contributed by atoms with Crippen LogP contribution in [0, 0.1) is 0 Å². The maximum Gasteiger partial charge on any atom is 0.331 e. The summed E-state index contributed by atoms with van der Waals surface area (Å²) in [5.41, 5.74) is 11.2. The Morgan fingerprint density at radius 1 is 1.14 bits per heavy atom. The molecule has 0 heterocycles. The molecule has 7 nitrogen and oxygen atoms in total. The Labute approximate surface area is 134 Å². The van der Waals surface area contributed by atoms with Crippen LogP contribution in [0.4, 0.5) is 0 Å². The van der Waals surface area contributed by atoms with E-state index in [0.29, 0.717) is 5.75 Å². The number of methoxy groups -OCH3 is 1. The fourth-order valence-electron chi connectivity index (χ4n) is 2.22. The topological polar surface area (TPSA) is 122 Å². The van der Waals surface area contributed by atoms with Gasteiger partial charge < -0.3 is 20.9 Å². The van der Waals surface area contributed by atoms with Crippen LogP contribution in [-0.2, 0) is 23.9 Å². The van der Waals surface area contributed by atoms with Gasteiger partial charge in [0.15, 0.2) is 0 Å². The zero-order chi connectivity index (χ0) is 16.8. The highest BCUT2D eigenvalue weighted by Gasteiger charge is 2.31. The number of carbonyl (C=O) groups is 3. The maximum atomic E-state index is 11.8. The van der Waals surface area contributed by atoms with Gasteiger partial charge in [-0.25, -0.2) is 9.59 Å². The normalized spacial score (nSPS) is 19.3. The molecule has 8 heteroatoms. The van der Waals surface area contributed by atoms with Gasteiger partial charge in [-0.15, -0.1) is 0 Å². The Balaban J connectivity index is 2.36. The Morgan fingerprint density at radius 2 is 1.68 bits per heavy atom. The highest BCUT2D eigenvalue weighted by Crippen LogP contribution is 2.41. The van der Waals surface area contributed by atoms with E-state index < -0.39 is 30.0 Å². The van der Waals surface area contributed by atoms with Crippen LogP contribution in [0.5, 0.6) is 0 Å². The molecule has 0 spiro atoms. The lowest BCUT2D eigenvalue weighted by Crippen LogP contribution is -2.42. The molecular weight excluding hydrogens is 308 g/mol. The summed E-state index contributed by atoms with van der Waals surface area (Å²) in [6.45, 7) is 2.15. The number of hydrogen-bond acceptors (Lipinski definition) is 8. The molecule has 1 aliphatic carbocycles. The first-order valence-corrected chi connectivity index (χ1v) is 8.23. The number of esters is 3. The highest BCUT2D eigenvalue weighted by molar-refractivity contribution is 8.00. The van der Waals surface area contributed by atoms with Gasteiger partial charge in [0.2, 0.25) is 0 Å². The predicted octanol–water partition coefficient (Wildman–Crippen LogP) is 0.340. The van der Waals surface area contributed by atoms with E-state index in [1.54, 1.807) is 11.8 Å². The van der Waals surface area contributed by atoms with Crippen molar-refractivity contribution in [2.24, 2.45) is 11.5 Å². The van der Waals surface area contributed by atoms with Crippen molar-refractivity contribution in [2.45, 2.75) is 55.9 Å². The van der Waals surface area contributed by atoms with Gasteiger partial charge in [-0.3, -0.25) is 4.79 Å². The molecule has 0 unspecified atom stereocenters. The largest absolute Gasteiger partial charge is 0.469 e. The third-order valence-corrected chi connectivity index (χ3v) is 5.32. The van der Waals surface area contributed by atoms with Gasteiger partial charge >= 0.3 is 17.9 Å². The van der Waals surface area contributed by atoms with Gasteiger partial charge in [-0.05, 0) is 12.8 Å². The molecule has 22 heavy (non-hydrogen) atoms. The van der Waals surface area contributed by atoms with Gasteiger partial charge in [-0.1, -0.05) is 19.8 Å². The smallest absolute Gasteiger partial charge is 0.331 e. The van der Waals surface area contributed by atoms with Crippen molar-refractivity contribution >= 4 is 29.7 Å². The molecular formula is C14H24N2O5S. The summed E-state index contributed by atoms with van der Waals surface area (Å²) in [5.74, 6) is -2.05. The molecule has 1 aliphatic rings. The second-order valence-electron chi connectivity index (χ2n) is 5.70. The van der Waals surface area contributed by atoms with Gasteiger partial charge in [0.25, 0.3) is 0 Å². The van der Waals surface area contributed by atoms with Crippen molar-refractivity contribution in [3.05, 3.63) is 0 Å². The fraction of sp³-hybridized carbons (Fsp3) is 0.786. The molecule has 1 fully saturated rings. The van der Waals surface area contributed by atoms with E-state index in [2.05, 4.69) is 16.4 Å². The lowest BCUT2D eigenvalue weighted by Gasteiger charge is -2.24. The monoisotopic (exact) mass is 332 g/mol. The van der Waals surface area contributed by atoms with Crippen molar-refractivity contribution < 1.29 is 23.9 Å². The maximum absolute atomic E-state index is 11.8. The van der Waals surface area contributed by atoms with Crippen LogP contribution in [-0.4, -0.2) is 47.6 Å². The summed E-state index contributed by atoms with van der Waals surface area (Å²) in [4.78, 5) is 34.4. The van der Waals surface area contributed by atoms with Crippen LogP contribution in [0.2, 0.25) is 0 Å². The Morgan fingerprint density at radius 3 is 2.23 bits per heavy atom. The zero-order valence-electron chi connectivity index (χ0n) is 13.0. The van der Waals surface area contributed by atoms with E-state index in [9.17, 15) is 14.4 Å². The summed E-state index contributed by atoms with van der Waals surface area (Å²) in [5, 5.41) is 0. The molecule has 0 bridgehead atoms. The number of hydrogen-bond donors (Lipinski definition) is 2. The zero-order valence-corrected chi connectivity index (χ0v) is 13.8. The minimum Gasteiger partial charge on any atom is -0.469 e. The molecule has 0 radical (unpaired) electrons. The molecule has 2 atom stereocenters. The van der Waals surface area contributed by atoms with Gasteiger partial charge in [-0.2, -0.15) is 11.8 Å². The fourth-order valence-corrected chi connectivity index (χ4v) is 3.52. The SMILES string of the molecule is COC(=O)C[C@H](N)C(=O)OC(=O)[C@@H](N)CSC1(C)CCCC1.